The van der Waals surface area contributed by atoms with Gasteiger partial charge in [0.25, 0.3) is 5.91 Å². The number of hydrogen-bond donors (Lipinski definition) is 2. The number of aromatic nitrogens is 1. The van der Waals surface area contributed by atoms with Crippen molar-refractivity contribution < 1.29 is 9.90 Å². The van der Waals surface area contributed by atoms with Crippen LogP contribution in [0.25, 0.3) is 0 Å². The second-order valence-corrected chi connectivity index (χ2v) is 4.12. The fourth-order valence-corrected chi connectivity index (χ4v) is 1.68. The summed E-state index contributed by atoms with van der Waals surface area (Å²) in [6.07, 6.45) is 1.59. The number of nitrogens with two attached hydrogens (primary N) is 1. The molecule has 3 N–H and O–H groups in total. The predicted octanol–water partition coefficient (Wildman–Crippen LogP) is -0.249. The van der Waals surface area contributed by atoms with E-state index in [4.69, 9.17) is 5.73 Å². The summed E-state index contributed by atoms with van der Waals surface area (Å²) in [6, 6.07) is 3.37. The van der Waals surface area contributed by atoms with Crippen molar-refractivity contribution in [3.05, 3.63) is 24.0 Å². The van der Waals surface area contributed by atoms with Crippen LogP contribution in [0, 0.1) is 0 Å². The number of nitrogens with zero attached hydrogens (tertiary/aromatic N) is 2. The maximum atomic E-state index is 10.8. The van der Waals surface area contributed by atoms with Gasteiger partial charge in [0.1, 0.15) is 5.69 Å². The molecule has 0 saturated carbocycles. The minimum Gasteiger partial charge on any atom is -0.386 e. The summed E-state index contributed by atoms with van der Waals surface area (Å²) in [5, 5.41) is 9.55. The van der Waals surface area contributed by atoms with E-state index in [0.717, 1.165) is 5.69 Å². The zero-order valence-electron chi connectivity index (χ0n) is 8.47. The third-order valence-corrected chi connectivity index (χ3v) is 2.43. The van der Waals surface area contributed by atoms with E-state index in [2.05, 4.69) is 4.98 Å². The highest BCUT2D eigenvalue weighted by Crippen LogP contribution is 2.26. The van der Waals surface area contributed by atoms with Gasteiger partial charge in [-0.3, -0.25) is 4.79 Å². The summed E-state index contributed by atoms with van der Waals surface area (Å²) in [7, 11) is 0. The molecule has 0 spiro atoms. The standard InChI is InChI=1S/C10H13N3O2/c1-10(15)5-13(6-10)7-2-3-8(9(11)14)12-4-7/h2-4,15H,5-6H2,1H3,(H2,11,14). The van der Waals surface area contributed by atoms with E-state index in [1.54, 1.807) is 25.3 Å². The number of pyridine rings is 1. The summed E-state index contributed by atoms with van der Waals surface area (Å²) in [5.74, 6) is -0.530. The summed E-state index contributed by atoms with van der Waals surface area (Å²) in [5.41, 5.74) is 5.62. The van der Waals surface area contributed by atoms with E-state index in [-0.39, 0.29) is 5.69 Å². The second-order valence-electron chi connectivity index (χ2n) is 4.12. The van der Waals surface area contributed by atoms with Gasteiger partial charge >= 0.3 is 0 Å². The number of aliphatic hydroxyl groups is 1. The molecule has 0 atom stereocenters. The Bertz CT molecular complexity index is 378. The van der Waals surface area contributed by atoms with Crippen molar-refractivity contribution in [1.82, 2.24) is 4.98 Å². The number of carbonyl (C=O) groups excluding carboxylic acids is 1. The Morgan fingerprint density at radius 3 is 2.67 bits per heavy atom. The fourth-order valence-electron chi connectivity index (χ4n) is 1.68. The van der Waals surface area contributed by atoms with Crippen LogP contribution in [0.4, 0.5) is 5.69 Å². The Hall–Kier alpha value is -1.62. The zero-order valence-corrected chi connectivity index (χ0v) is 8.47. The Morgan fingerprint density at radius 1 is 1.60 bits per heavy atom. The number of amides is 1. The molecule has 2 heterocycles. The highest BCUT2D eigenvalue weighted by atomic mass is 16.3. The van der Waals surface area contributed by atoms with Crippen LogP contribution in [-0.4, -0.2) is 34.7 Å². The summed E-state index contributed by atoms with van der Waals surface area (Å²) in [6.45, 7) is 2.96. The van der Waals surface area contributed by atoms with Crippen molar-refractivity contribution in [2.75, 3.05) is 18.0 Å². The SMILES string of the molecule is CC1(O)CN(c2ccc(C(N)=O)nc2)C1. The van der Waals surface area contributed by atoms with Crippen LogP contribution in [0.1, 0.15) is 17.4 Å². The molecule has 1 aromatic heterocycles. The van der Waals surface area contributed by atoms with Crippen molar-refractivity contribution >= 4 is 11.6 Å². The van der Waals surface area contributed by atoms with Gasteiger partial charge in [-0.1, -0.05) is 0 Å². The Morgan fingerprint density at radius 2 is 2.27 bits per heavy atom. The van der Waals surface area contributed by atoms with E-state index in [1.165, 1.54) is 0 Å². The number of anilines is 1. The third-order valence-electron chi connectivity index (χ3n) is 2.43. The molecule has 5 nitrogen and oxygen atoms in total. The lowest BCUT2D eigenvalue weighted by molar-refractivity contribution is 0.0310. The predicted molar refractivity (Wildman–Crippen MR) is 55.6 cm³/mol. The third kappa shape index (κ3) is 1.92. The maximum Gasteiger partial charge on any atom is 0.267 e. The van der Waals surface area contributed by atoms with Crippen LogP contribution < -0.4 is 10.6 Å². The molecule has 5 heteroatoms. The van der Waals surface area contributed by atoms with Gasteiger partial charge < -0.3 is 15.7 Å². The smallest absolute Gasteiger partial charge is 0.267 e. The van der Waals surface area contributed by atoms with Crippen LogP contribution in [0.2, 0.25) is 0 Å². The van der Waals surface area contributed by atoms with Crippen LogP contribution in [0.15, 0.2) is 18.3 Å². The zero-order chi connectivity index (χ0) is 11.1. The normalized spacial score (nSPS) is 18.4. The highest BCUT2D eigenvalue weighted by molar-refractivity contribution is 5.90. The molecule has 1 aromatic rings. The average Bonchev–Trinajstić information content (AvgIpc) is 2.14. The maximum absolute atomic E-state index is 10.8. The van der Waals surface area contributed by atoms with Gasteiger partial charge in [-0.2, -0.15) is 0 Å². The first kappa shape index (κ1) is 9.92. The van der Waals surface area contributed by atoms with Crippen molar-refractivity contribution in [3.63, 3.8) is 0 Å². The first-order valence-electron chi connectivity index (χ1n) is 4.71. The minimum atomic E-state index is -0.609. The Kier molecular flexibility index (Phi) is 2.12. The average molecular weight is 207 g/mol. The highest BCUT2D eigenvalue weighted by Gasteiger charge is 2.36. The molecule has 15 heavy (non-hydrogen) atoms. The van der Waals surface area contributed by atoms with Crippen molar-refractivity contribution in [1.29, 1.82) is 0 Å². The van der Waals surface area contributed by atoms with Crippen molar-refractivity contribution in [2.24, 2.45) is 5.73 Å². The minimum absolute atomic E-state index is 0.256. The number of hydrogen-bond acceptors (Lipinski definition) is 4. The van der Waals surface area contributed by atoms with Gasteiger partial charge in [-0.05, 0) is 19.1 Å². The molecule has 0 radical (unpaired) electrons. The monoisotopic (exact) mass is 207 g/mol. The van der Waals surface area contributed by atoms with E-state index in [9.17, 15) is 9.90 Å². The largest absolute Gasteiger partial charge is 0.386 e. The lowest BCUT2D eigenvalue weighted by Gasteiger charge is -2.45. The van der Waals surface area contributed by atoms with Gasteiger partial charge in [0, 0.05) is 13.1 Å². The van der Waals surface area contributed by atoms with Gasteiger partial charge in [0.15, 0.2) is 0 Å². The van der Waals surface area contributed by atoms with Crippen LogP contribution in [0.5, 0.6) is 0 Å². The first-order chi connectivity index (χ1) is 6.98. The van der Waals surface area contributed by atoms with E-state index in [0.29, 0.717) is 13.1 Å². The van der Waals surface area contributed by atoms with Gasteiger partial charge in [0.05, 0.1) is 17.5 Å². The lowest BCUT2D eigenvalue weighted by Crippen LogP contribution is -2.60. The van der Waals surface area contributed by atoms with Crippen molar-refractivity contribution in [2.45, 2.75) is 12.5 Å². The van der Waals surface area contributed by atoms with Gasteiger partial charge in [-0.25, -0.2) is 4.98 Å². The molecule has 0 aromatic carbocycles. The van der Waals surface area contributed by atoms with E-state index < -0.39 is 11.5 Å². The molecule has 1 aliphatic rings. The fraction of sp³-hybridized carbons (Fsp3) is 0.400. The number of β-amino-alcohol motifs (C(OH)–C–C–N with tert-alkyl or cyclic N) is 1. The molecule has 0 unspecified atom stereocenters. The lowest BCUT2D eigenvalue weighted by atomic mass is 9.96. The Labute approximate surface area is 87.5 Å². The van der Waals surface area contributed by atoms with Gasteiger partial charge in [0.2, 0.25) is 0 Å². The number of primary amides is 1. The van der Waals surface area contributed by atoms with Crippen LogP contribution >= 0.6 is 0 Å². The molecule has 2 rings (SSSR count). The molecule has 1 aliphatic heterocycles. The van der Waals surface area contributed by atoms with Crippen LogP contribution in [0.3, 0.4) is 0 Å². The molecule has 80 valence electrons. The quantitative estimate of drug-likeness (QED) is 0.701. The summed E-state index contributed by atoms with van der Waals surface area (Å²) >= 11 is 0. The summed E-state index contributed by atoms with van der Waals surface area (Å²) < 4.78 is 0. The van der Waals surface area contributed by atoms with Crippen molar-refractivity contribution in [3.8, 4) is 0 Å². The van der Waals surface area contributed by atoms with Gasteiger partial charge in [-0.15, -0.1) is 0 Å². The molecular formula is C10H13N3O2. The molecular weight excluding hydrogens is 194 g/mol. The van der Waals surface area contributed by atoms with Crippen LogP contribution in [-0.2, 0) is 0 Å². The number of carbonyl (C=O) groups is 1. The molecule has 0 aliphatic carbocycles. The molecule has 1 amide bonds. The number of rotatable bonds is 2. The second kappa shape index (κ2) is 3.20. The topological polar surface area (TPSA) is 79.5 Å². The van der Waals surface area contributed by atoms with E-state index >= 15 is 0 Å². The molecule has 0 bridgehead atoms. The Balaban J connectivity index is 2.09. The molecule has 1 saturated heterocycles. The molecule has 1 fully saturated rings. The first-order valence-corrected chi connectivity index (χ1v) is 4.71. The summed E-state index contributed by atoms with van der Waals surface area (Å²) in [4.78, 5) is 16.7. The van der Waals surface area contributed by atoms with E-state index in [1.807, 2.05) is 4.90 Å².